The van der Waals surface area contributed by atoms with Gasteiger partial charge in [-0.25, -0.2) is 0 Å². The highest BCUT2D eigenvalue weighted by Crippen LogP contribution is 2.73. The molecule has 4 heterocycles. The van der Waals surface area contributed by atoms with Crippen molar-refractivity contribution in [1.29, 1.82) is 0 Å². The number of para-hydroxylation sites is 1. The Balaban J connectivity index is 0.759. The molecule has 6 aliphatic rings. The van der Waals surface area contributed by atoms with Crippen LogP contribution in [-0.4, -0.2) is 94.7 Å². The van der Waals surface area contributed by atoms with Crippen LogP contribution in [0.15, 0.2) is 48.5 Å². The summed E-state index contributed by atoms with van der Waals surface area (Å²) in [5.74, 6) is -1.47. The van der Waals surface area contributed by atoms with Crippen molar-refractivity contribution in [3.8, 4) is 22.8 Å². The number of hydrogen-bond acceptors (Lipinski definition) is 12. The van der Waals surface area contributed by atoms with Gasteiger partial charge in [-0.05, 0) is 56.0 Å². The number of carbonyl (C=O) groups excluding carboxylic acids is 5. The first-order valence-corrected chi connectivity index (χ1v) is 16.6. The number of rotatable bonds is 11. The first-order chi connectivity index (χ1) is 24.0. The molecule has 15 nitrogen and oxygen atoms in total. The fourth-order valence-electron chi connectivity index (χ4n) is 7.93. The number of hydrogen-bond donors (Lipinski definition) is 4. The van der Waals surface area contributed by atoms with Crippen LogP contribution in [0.4, 0.5) is 11.5 Å². The Morgan fingerprint density at radius 1 is 1.00 bits per heavy atom. The van der Waals surface area contributed by atoms with Crippen molar-refractivity contribution in [2.75, 3.05) is 43.5 Å². The maximum atomic E-state index is 13.1. The molecule has 2 saturated heterocycles. The number of phenols is 1. The molecule has 1 aromatic heterocycles. The minimum absolute atomic E-state index is 0.0221. The van der Waals surface area contributed by atoms with Gasteiger partial charge in [0.1, 0.15) is 17.5 Å². The SMILES string of the molecule is Nc1nnc(-c2ccccc2O)cc1OCC12CC(C(=O)NCCOC3CN(c4ccc5c(c4)C(=O)N(C4CCC(=O)NC4=O)C5=O)C3)(C1)C2. The second-order valence-electron chi connectivity index (χ2n) is 13.9. The largest absolute Gasteiger partial charge is 0.507 e. The molecule has 1 atom stereocenters. The van der Waals surface area contributed by atoms with Gasteiger partial charge in [0.05, 0.1) is 35.9 Å². The van der Waals surface area contributed by atoms with Crippen molar-refractivity contribution >= 4 is 41.0 Å². The first-order valence-electron chi connectivity index (χ1n) is 16.6. The Morgan fingerprint density at radius 2 is 1.76 bits per heavy atom. The summed E-state index contributed by atoms with van der Waals surface area (Å²) in [7, 11) is 0. The average Bonchev–Trinajstić information content (AvgIpc) is 3.28. The Hall–Kier alpha value is -5.57. The lowest BCUT2D eigenvalue weighted by atomic mass is 9.35. The predicted octanol–water partition coefficient (Wildman–Crippen LogP) is 1.40. The summed E-state index contributed by atoms with van der Waals surface area (Å²) in [6.45, 7) is 2.33. The monoisotopic (exact) mass is 681 g/mol. The number of imide groups is 2. The summed E-state index contributed by atoms with van der Waals surface area (Å²) in [6, 6.07) is 12.5. The molecule has 5 amide bonds. The fraction of sp³-hybridized carbons (Fsp3) is 0.400. The van der Waals surface area contributed by atoms with E-state index in [0.717, 1.165) is 29.8 Å². The van der Waals surface area contributed by atoms with Crippen LogP contribution in [0.2, 0.25) is 0 Å². The Kier molecular flexibility index (Phi) is 7.47. The van der Waals surface area contributed by atoms with Crippen LogP contribution >= 0.6 is 0 Å². The minimum Gasteiger partial charge on any atom is -0.507 e. The number of piperidine rings is 1. The van der Waals surface area contributed by atoms with Crippen molar-refractivity contribution in [2.24, 2.45) is 10.8 Å². The molecular weight excluding hydrogens is 646 g/mol. The average molecular weight is 682 g/mol. The molecule has 9 rings (SSSR count). The van der Waals surface area contributed by atoms with E-state index in [1.54, 1.807) is 48.5 Å². The molecule has 5 N–H and O–H groups in total. The summed E-state index contributed by atoms with van der Waals surface area (Å²) < 4.78 is 12.0. The number of aromatic hydroxyl groups is 1. The third-order valence-corrected chi connectivity index (χ3v) is 10.5. The van der Waals surface area contributed by atoms with E-state index in [0.29, 0.717) is 49.9 Å². The van der Waals surface area contributed by atoms with Crippen LogP contribution in [0.25, 0.3) is 11.3 Å². The van der Waals surface area contributed by atoms with Crippen molar-refractivity contribution in [2.45, 2.75) is 44.2 Å². The lowest BCUT2D eigenvalue weighted by Crippen LogP contribution is -2.69. The minimum atomic E-state index is -1.00. The summed E-state index contributed by atoms with van der Waals surface area (Å²) in [6.07, 6.45) is 2.32. The molecule has 3 aliphatic heterocycles. The van der Waals surface area contributed by atoms with Gasteiger partial charge >= 0.3 is 0 Å². The summed E-state index contributed by atoms with van der Waals surface area (Å²) in [5, 5.41) is 23.4. The van der Waals surface area contributed by atoms with Crippen LogP contribution in [0.1, 0.15) is 52.8 Å². The van der Waals surface area contributed by atoms with E-state index >= 15 is 0 Å². The number of phenolic OH excluding ortho intramolecular Hbond substituents is 1. The van der Waals surface area contributed by atoms with Crippen LogP contribution in [0.3, 0.4) is 0 Å². The van der Waals surface area contributed by atoms with Gasteiger partial charge < -0.3 is 30.5 Å². The van der Waals surface area contributed by atoms with Gasteiger partial charge in [-0.3, -0.25) is 34.2 Å². The van der Waals surface area contributed by atoms with Crippen LogP contribution in [-0.2, 0) is 19.1 Å². The maximum absolute atomic E-state index is 13.1. The molecular formula is C35H35N7O8. The number of anilines is 2. The molecule has 15 heteroatoms. The third kappa shape index (κ3) is 5.28. The molecule has 1 unspecified atom stereocenters. The Bertz CT molecular complexity index is 1940. The van der Waals surface area contributed by atoms with Crippen LogP contribution < -0.4 is 26.0 Å². The number of nitrogens with two attached hydrogens (primary N) is 1. The van der Waals surface area contributed by atoms with E-state index < -0.39 is 29.7 Å². The van der Waals surface area contributed by atoms with Crippen LogP contribution in [0, 0.1) is 10.8 Å². The Labute approximate surface area is 286 Å². The highest BCUT2D eigenvalue weighted by molar-refractivity contribution is 6.23. The van der Waals surface area contributed by atoms with Gasteiger partial charge in [-0.1, -0.05) is 12.1 Å². The second kappa shape index (κ2) is 11.8. The van der Waals surface area contributed by atoms with Gasteiger partial charge in [0, 0.05) is 48.8 Å². The highest BCUT2D eigenvalue weighted by Gasteiger charge is 2.71. The number of benzene rings is 2. The summed E-state index contributed by atoms with van der Waals surface area (Å²) in [4.78, 5) is 65.9. The zero-order valence-electron chi connectivity index (χ0n) is 27.0. The van der Waals surface area contributed by atoms with E-state index in [2.05, 4.69) is 20.8 Å². The standard InChI is InChI=1S/C35H35N7O8/c36-29-27(12-24(39-40-29)22-3-1-2-4-26(22)43)50-18-34-15-35(16-34,17-34)33(48)37-9-10-49-20-13-41(14-20)19-5-6-21-23(11-19)32(47)42(31(21)46)25-7-8-28(44)38-30(25)45/h1-6,11-12,20,25,43H,7-10,13-18H2,(H2,36,40)(H,37,48)(H,38,44,45). The molecule has 2 aromatic carbocycles. The number of amides is 5. The third-order valence-electron chi connectivity index (χ3n) is 10.5. The molecule has 5 fully saturated rings. The van der Waals surface area contributed by atoms with E-state index in [-0.39, 0.29) is 58.4 Å². The van der Waals surface area contributed by atoms with Crippen molar-refractivity contribution in [3.05, 3.63) is 59.7 Å². The van der Waals surface area contributed by atoms with E-state index in [1.165, 1.54) is 0 Å². The van der Waals surface area contributed by atoms with Gasteiger partial charge in [-0.2, -0.15) is 0 Å². The normalized spacial score (nSPS) is 25.3. The predicted molar refractivity (Wildman–Crippen MR) is 176 cm³/mol. The highest BCUT2D eigenvalue weighted by atomic mass is 16.5. The molecule has 0 radical (unpaired) electrons. The van der Waals surface area contributed by atoms with E-state index in [4.69, 9.17) is 15.2 Å². The quantitative estimate of drug-likeness (QED) is 0.167. The molecule has 2 bridgehead atoms. The number of aromatic nitrogens is 2. The van der Waals surface area contributed by atoms with Gasteiger partial charge in [-0.15, -0.1) is 10.2 Å². The number of nitrogens with one attached hydrogen (secondary N) is 2. The number of nitrogen functional groups attached to an aromatic ring is 1. The fourth-order valence-corrected chi connectivity index (χ4v) is 7.93. The molecule has 0 spiro atoms. The van der Waals surface area contributed by atoms with Gasteiger partial charge in [0.15, 0.2) is 11.6 Å². The Morgan fingerprint density at radius 3 is 2.52 bits per heavy atom. The zero-order chi connectivity index (χ0) is 34.8. The molecule has 50 heavy (non-hydrogen) atoms. The smallest absolute Gasteiger partial charge is 0.262 e. The molecule has 3 aromatic rings. The number of fused-ring (bicyclic) bond motifs is 1. The van der Waals surface area contributed by atoms with Crippen molar-refractivity contribution in [1.82, 2.24) is 25.7 Å². The zero-order valence-corrected chi connectivity index (χ0v) is 27.0. The van der Waals surface area contributed by atoms with E-state index in [1.807, 2.05) is 4.90 Å². The molecule has 3 aliphatic carbocycles. The summed E-state index contributed by atoms with van der Waals surface area (Å²) in [5.41, 5.74) is 7.78. The molecule has 3 saturated carbocycles. The van der Waals surface area contributed by atoms with Crippen molar-refractivity contribution < 1.29 is 38.6 Å². The maximum Gasteiger partial charge on any atom is 0.262 e. The lowest BCUT2D eigenvalue weighted by molar-refractivity contribution is -0.217. The lowest BCUT2D eigenvalue weighted by Gasteiger charge is -2.68. The summed E-state index contributed by atoms with van der Waals surface area (Å²) >= 11 is 0. The van der Waals surface area contributed by atoms with E-state index in [9.17, 15) is 29.1 Å². The number of nitrogens with zero attached hydrogens (tertiary/aromatic N) is 4. The number of ether oxygens (including phenoxy) is 2. The van der Waals surface area contributed by atoms with Gasteiger partial charge in [0.2, 0.25) is 17.7 Å². The van der Waals surface area contributed by atoms with Gasteiger partial charge in [0.25, 0.3) is 11.8 Å². The molecule has 258 valence electrons. The van der Waals surface area contributed by atoms with Crippen LogP contribution in [0.5, 0.6) is 11.5 Å². The second-order valence-corrected chi connectivity index (χ2v) is 13.9. The first kappa shape index (κ1) is 31.7. The van der Waals surface area contributed by atoms with Crippen molar-refractivity contribution in [3.63, 3.8) is 0 Å². The topological polar surface area (TPSA) is 206 Å². The number of carbonyl (C=O) groups is 5.